The van der Waals surface area contributed by atoms with Crippen molar-refractivity contribution in [3.05, 3.63) is 119 Å². The molecule has 4 nitrogen and oxygen atoms in total. The molecule has 3 aromatic carbocycles. The zero-order valence-electron chi connectivity index (χ0n) is 22.7. The van der Waals surface area contributed by atoms with Crippen LogP contribution in [0.15, 0.2) is 91.0 Å². The predicted octanol–water partition coefficient (Wildman–Crippen LogP) is 8.32. The third kappa shape index (κ3) is 4.50. The molecule has 1 aliphatic heterocycles. The van der Waals surface area contributed by atoms with Gasteiger partial charge in [-0.25, -0.2) is 4.79 Å². The van der Waals surface area contributed by atoms with Gasteiger partial charge in [-0.05, 0) is 30.9 Å². The molecule has 0 bridgehead atoms. The van der Waals surface area contributed by atoms with E-state index in [1.165, 1.54) is 0 Å². The molecule has 0 spiro atoms. The molecule has 2 aliphatic rings. The van der Waals surface area contributed by atoms with Gasteiger partial charge in [-0.15, -0.1) is 0 Å². The van der Waals surface area contributed by atoms with Crippen molar-refractivity contribution in [1.82, 2.24) is 0 Å². The van der Waals surface area contributed by atoms with E-state index in [2.05, 4.69) is 44.7 Å². The lowest BCUT2D eigenvalue weighted by Gasteiger charge is -2.37. The Kier molecular flexibility index (Phi) is 7.56. The molecule has 0 aromatic heterocycles. The van der Waals surface area contributed by atoms with E-state index < -0.39 is 17.4 Å². The van der Waals surface area contributed by atoms with Crippen LogP contribution in [0.25, 0.3) is 0 Å². The minimum Gasteiger partial charge on any atom is -0.441 e. The van der Waals surface area contributed by atoms with Crippen molar-refractivity contribution in [1.29, 1.82) is 0 Å². The summed E-state index contributed by atoms with van der Waals surface area (Å²) in [6.07, 6.45) is 5.30. The minimum atomic E-state index is -1.18. The van der Waals surface area contributed by atoms with Crippen LogP contribution in [0.3, 0.4) is 0 Å². The maximum atomic E-state index is 13.3. The molecule has 3 aromatic rings. The molecule has 5 rings (SSSR count). The van der Waals surface area contributed by atoms with Crippen LogP contribution >= 0.6 is 0 Å². The third-order valence-electron chi connectivity index (χ3n) is 7.85. The van der Waals surface area contributed by atoms with E-state index in [4.69, 9.17) is 14.2 Å². The van der Waals surface area contributed by atoms with E-state index in [1.807, 2.05) is 54.6 Å². The van der Waals surface area contributed by atoms with E-state index in [1.54, 1.807) is 6.92 Å². The highest BCUT2D eigenvalue weighted by Gasteiger charge is 2.55. The summed E-state index contributed by atoms with van der Waals surface area (Å²) in [5.74, 6) is -1.07. The highest BCUT2D eigenvalue weighted by Crippen LogP contribution is 2.58. The fraction of sp³-hybridized carbons (Fsp3) is 0.382. The first-order valence-electron chi connectivity index (χ1n) is 13.9. The normalized spacial score (nSPS) is 20.5. The topological polar surface area (TPSA) is 44.8 Å². The Hall–Kier alpha value is -3.21. The first-order chi connectivity index (χ1) is 18.5. The lowest BCUT2D eigenvalue weighted by Crippen LogP contribution is -2.37. The number of unbranched alkanes of at least 4 members (excludes halogenated alkanes) is 2. The molecule has 38 heavy (non-hydrogen) atoms. The number of rotatable bonds is 9. The van der Waals surface area contributed by atoms with Crippen LogP contribution < -0.4 is 0 Å². The summed E-state index contributed by atoms with van der Waals surface area (Å²) in [4.78, 5) is 13.3. The Bertz CT molecular complexity index is 1230. The number of fused-ring (bicyclic) bond motifs is 5. The molecule has 4 heteroatoms. The van der Waals surface area contributed by atoms with Gasteiger partial charge >= 0.3 is 5.97 Å². The van der Waals surface area contributed by atoms with Gasteiger partial charge in [0.15, 0.2) is 11.4 Å². The Balaban J connectivity index is 1.78. The zero-order chi connectivity index (χ0) is 26.8. The average molecular weight is 511 g/mol. The van der Waals surface area contributed by atoms with Crippen molar-refractivity contribution in [3.8, 4) is 0 Å². The molecule has 2 atom stereocenters. The lowest BCUT2D eigenvalue weighted by atomic mass is 9.77. The Morgan fingerprint density at radius 1 is 0.789 bits per heavy atom. The molecule has 0 N–H and O–H groups in total. The average Bonchev–Trinajstić information content (AvgIpc) is 3.30. The fourth-order valence-corrected chi connectivity index (χ4v) is 5.98. The van der Waals surface area contributed by atoms with Crippen molar-refractivity contribution in [2.24, 2.45) is 0 Å². The van der Waals surface area contributed by atoms with Gasteiger partial charge in [0.1, 0.15) is 12.2 Å². The second-order valence-electron chi connectivity index (χ2n) is 10.6. The van der Waals surface area contributed by atoms with Gasteiger partial charge in [0.25, 0.3) is 0 Å². The summed E-state index contributed by atoms with van der Waals surface area (Å²) in [5, 5.41) is 0. The van der Waals surface area contributed by atoms with E-state index in [9.17, 15) is 4.79 Å². The minimum absolute atomic E-state index is 0.324. The van der Waals surface area contributed by atoms with Gasteiger partial charge in [-0.3, -0.25) is 0 Å². The molecule has 1 heterocycles. The Morgan fingerprint density at radius 3 is 1.74 bits per heavy atom. The van der Waals surface area contributed by atoms with Crippen molar-refractivity contribution >= 4 is 5.97 Å². The molecule has 198 valence electrons. The predicted molar refractivity (Wildman–Crippen MR) is 150 cm³/mol. The maximum absolute atomic E-state index is 13.3. The van der Waals surface area contributed by atoms with Gasteiger partial charge in [0.2, 0.25) is 0 Å². The molecular weight excluding hydrogens is 472 g/mol. The van der Waals surface area contributed by atoms with Crippen LogP contribution in [0.4, 0.5) is 0 Å². The molecular formula is C34H38O4. The van der Waals surface area contributed by atoms with E-state index in [0.29, 0.717) is 5.57 Å². The number of ether oxygens (including phenoxy) is 3. The second-order valence-corrected chi connectivity index (χ2v) is 10.6. The molecule has 1 saturated heterocycles. The van der Waals surface area contributed by atoms with Crippen LogP contribution in [0, 0.1) is 0 Å². The lowest BCUT2D eigenvalue weighted by molar-refractivity contribution is -0.188. The largest absolute Gasteiger partial charge is 0.441 e. The standard InChI is InChI=1S/C34H38O4/c1-5-7-22-33(23-8-6-2)36-30-26-18-12-14-20-28(26)34(38-32(35)24(3)4,25-16-10-9-11-17-25)29-21-15-13-19-27(29)31(30)37-33/h9-21,30-31H,3,5-8,22-23H2,1-2,4H3/t30-,31-/m0/s1. The van der Waals surface area contributed by atoms with Crippen molar-refractivity contribution in [2.45, 2.75) is 82.9 Å². The van der Waals surface area contributed by atoms with Crippen LogP contribution in [-0.4, -0.2) is 11.8 Å². The van der Waals surface area contributed by atoms with E-state index in [0.717, 1.165) is 66.3 Å². The molecule has 0 radical (unpaired) electrons. The quantitative estimate of drug-likeness (QED) is 0.214. The van der Waals surface area contributed by atoms with Gasteiger partial charge < -0.3 is 14.2 Å². The highest BCUT2D eigenvalue weighted by molar-refractivity contribution is 5.88. The van der Waals surface area contributed by atoms with Gasteiger partial charge in [0.05, 0.1) is 0 Å². The summed E-state index contributed by atoms with van der Waals surface area (Å²) in [7, 11) is 0. The number of hydrogen-bond donors (Lipinski definition) is 0. The summed E-state index contributed by atoms with van der Waals surface area (Å²) >= 11 is 0. The maximum Gasteiger partial charge on any atom is 0.334 e. The number of benzene rings is 3. The molecule has 1 fully saturated rings. The third-order valence-corrected chi connectivity index (χ3v) is 7.85. The van der Waals surface area contributed by atoms with Crippen LogP contribution in [0.5, 0.6) is 0 Å². The number of carbonyl (C=O) groups excluding carboxylic acids is 1. The number of esters is 1. The Labute approximate surface area is 226 Å². The summed E-state index contributed by atoms with van der Waals surface area (Å²) in [6, 6.07) is 26.4. The first-order valence-corrected chi connectivity index (χ1v) is 13.9. The van der Waals surface area contributed by atoms with Gasteiger partial charge in [-0.1, -0.05) is 112 Å². The molecule has 1 aliphatic carbocycles. The zero-order valence-corrected chi connectivity index (χ0v) is 22.7. The van der Waals surface area contributed by atoms with Crippen molar-refractivity contribution < 1.29 is 19.0 Å². The van der Waals surface area contributed by atoms with Crippen LogP contribution in [0.1, 0.15) is 99.3 Å². The van der Waals surface area contributed by atoms with Gasteiger partial charge in [-0.2, -0.15) is 0 Å². The summed E-state index contributed by atoms with van der Waals surface area (Å²) in [5.41, 5.74) is 3.81. The SMILES string of the molecule is C=C(C)C(=O)OC1(c2ccccc2)c2ccccc2[C@@H]2OC(CCCC)(CCCC)O[C@H]2c2ccccc21. The smallest absolute Gasteiger partial charge is 0.334 e. The Morgan fingerprint density at radius 2 is 1.26 bits per heavy atom. The fourth-order valence-electron chi connectivity index (χ4n) is 5.98. The molecule has 0 amide bonds. The summed E-state index contributed by atoms with van der Waals surface area (Å²) < 4.78 is 20.6. The van der Waals surface area contributed by atoms with Crippen molar-refractivity contribution in [3.63, 3.8) is 0 Å². The number of carbonyl (C=O) groups is 1. The van der Waals surface area contributed by atoms with Gasteiger partial charge in [0, 0.05) is 35.1 Å². The number of hydrogen-bond acceptors (Lipinski definition) is 4. The second kappa shape index (κ2) is 10.9. The van der Waals surface area contributed by atoms with Crippen LogP contribution in [0.2, 0.25) is 0 Å². The monoisotopic (exact) mass is 510 g/mol. The summed E-state index contributed by atoms with van der Waals surface area (Å²) in [6.45, 7) is 9.98. The van der Waals surface area contributed by atoms with Crippen LogP contribution in [-0.2, 0) is 24.6 Å². The molecule has 0 unspecified atom stereocenters. The van der Waals surface area contributed by atoms with E-state index >= 15 is 0 Å². The highest BCUT2D eigenvalue weighted by atomic mass is 16.8. The van der Waals surface area contributed by atoms with Crippen molar-refractivity contribution in [2.75, 3.05) is 0 Å². The molecule has 0 saturated carbocycles. The van der Waals surface area contributed by atoms with E-state index in [-0.39, 0.29) is 12.2 Å². The first kappa shape index (κ1) is 26.4.